The quantitative estimate of drug-likeness (QED) is 0.420. The van der Waals surface area contributed by atoms with E-state index in [0.29, 0.717) is 23.5 Å². The van der Waals surface area contributed by atoms with Crippen molar-refractivity contribution in [1.82, 2.24) is 9.97 Å². The summed E-state index contributed by atoms with van der Waals surface area (Å²) in [6, 6.07) is 0. The Hall–Kier alpha value is -2.06. The molecule has 8 heteroatoms. The number of carbonyl (C=O) groups is 1. The average Bonchev–Trinajstić information content (AvgIpc) is 3.29. The van der Waals surface area contributed by atoms with Crippen LogP contribution in [0, 0.1) is 34.5 Å². The van der Waals surface area contributed by atoms with Crippen LogP contribution in [0.1, 0.15) is 39.7 Å². The minimum absolute atomic E-state index is 0.0226. The first-order chi connectivity index (χ1) is 16.5. The summed E-state index contributed by atoms with van der Waals surface area (Å²) in [6.45, 7) is 11.4. The lowest BCUT2D eigenvalue weighted by atomic mass is 9.59. The number of aromatic nitrogens is 2. The van der Waals surface area contributed by atoms with Crippen molar-refractivity contribution in [2.45, 2.75) is 58.3 Å². The van der Waals surface area contributed by atoms with E-state index in [1.54, 1.807) is 19.1 Å². The molecule has 1 aromatic rings. The maximum atomic E-state index is 14.4. The highest BCUT2D eigenvalue weighted by Gasteiger charge is 2.76. The van der Waals surface area contributed by atoms with Gasteiger partial charge in [0.25, 0.3) is 0 Å². The van der Waals surface area contributed by atoms with E-state index < -0.39 is 35.7 Å². The van der Waals surface area contributed by atoms with Gasteiger partial charge in [0.05, 0.1) is 17.6 Å². The van der Waals surface area contributed by atoms with Crippen LogP contribution in [0.25, 0.3) is 0 Å². The second-order valence-electron chi connectivity index (χ2n) is 11.3. The van der Waals surface area contributed by atoms with Crippen molar-refractivity contribution in [3.05, 3.63) is 53.0 Å². The lowest BCUT2D eigenvalue weighted by molar-refractivity contribution is -0.186. The van der Waals surface area contributed by atoms with Gasteiger partial charge in [0.15, 0.2) is 17.5 Å². The van der Waals surface area contributed by atoms with E-state index in [0.717, 1.165) is 6.42 Å². The van der Waals surface area contributed by atoms with Crippen LogP contribution in [0.15, 0.2) is 42.3 Å². The van der Waals surface area contributed by atoms with Gasteiger partial charge in [-0.25, -0.2) is 9.97 Å². The van der Waals surface area contributed by atoms with Gasteiger partial charge in [-0.1, -0.05) is 50.6 Å². The Kier molecular flexibility index (Phi) is 5.61. The number of hydrogen-bond acceptors (Lipinski definition) is 7. The van der Waals surface area contributed by atoms with Crippen molar-refractivity contribution in [2.24, 2.45) is 34.5 Å². The third-order valence-electron chi connectivity index (χ3n) is 9.33. The highest BCUT2D eigenvalue weighted by atomic mass is 35.5. The minimum atomic E-state index is -2.04. The van der Waals surface area contributed by atoms with Gasteiger partial charge in [0.1, 0.15) is 17.6 Å². The van der Waals surface area contributed by atoms with Crippen LogP contribution >= 0.6 is 11.6 Å². The van der Waals surface area contributed by atoms with Crippen LogP contribution in [0.2, 0.25) is 5.15 Å². The molecule has 2 bridgehead atoms. The third kappa shape index (κ3) is 3.05. The molecule has 188 valence electrons. The lowest BCUT2D eigenvalue weighted by Crippen LogP contribution is -2.66. The molecule has 1 unspecified atom stereocenters. The van der Waals surface area contributed by atoms with Gasteiger partial charge < -0.3 is 20.1 Å². The van der Waals surface area contributed by atoms with E-state index in [4.69, 9.17) is 16.3 Å². The van der Waals surface area contributed by atoms with Crippen LogP contribution in [-0.4, -0.2) is 55.5 Å². The molecule has 0 amide bonds. The fourth-order valence-corrected chi connectivity index (χ4v) is 7.70. The first-order valence-corrected chi connectivity index (χ1v) is 12.6. The molecule has 7 nitrogen and oxygen atoms in total. The Morgan fingerprint density at radius 3 is 2.71 bits per heavy atom. The van der Waals surface area contributed by atoms with Crippen molar-refractivity contribution in [3.8, 4) is 5.88 Å². The third-order valence-corrected chi connectivity index (χ3v) is 9.65. The summed E-state index contributed by atoms with van der Waals surface area (Å²) in [5, 5.41) is 34.6. The van der Waals surface area contributed by atoms with Gasteiger partial charge in [-0.2, -0.15) is 0 Å². The zero-order chi connectivity index (χ0) is 25.5. The van der Waals surface area contributed by atoms with E-state index in [1.165, 1.54) is 6.33 Å². The van der Waals surface area contributed by atoms with Gasteiger partial charge in [-0.15, -0.1) is 6.58 Å². The van der Waals surface area contributed by atoms with Crippen LogP contribution < -0.4 is 4.74 Å². The summed E-state index contributed by atoms with van der Waals surface area (Å²) < 4.78 is 6.32. The number of hydrogen-bond donors (Lipinski definition) is 3. The number of Topliss-reactive ketones (excluding diaryl/α,β-unsaturated/α-hetero) is 1. The van der Waals surface area contributed by atoms with Crippen LogP contribution in [0.3, 0.4) is 0 Å². The topological polar surface area (TPSA) is 113 Å². The number of ketones is 1. The molecular weight excluding hydrogens is 468 g/mol. The van der Waals surface area contributed by atoms with Gasteiger partial charge in [-0.3, -0.25) is 4.79 Å². The highest BCUT2D eigenvalue weighted by molar-refractivity contribution is 6.30. The molecule has 0 saturated heterocycles. The number of fused-ring (bicyclic) bond motifs is 3. The van der Waals surface area contributed by atoms with Crippen molar-refractivity contribution in [1.29, 1.82) is 0 Å². The van der Waals surface area contributed by atoms with E-state index in [9.17, 15) is 20.1 Å². The first kappa shape index (κ1) is 24.6. The Morgan fingerprint density at radius 1 is 1.34 bits per heavy atom. The molecule has 1 heterocycles. The standard InChI is InChI=1S/C27H33ClN2O5/c1-6-7-16-23(28)29-12-30-24(16)35-22-13(2)10-26-14(3)8-18-19(25(18,4)5)17(21(26)33)9-15(11-31)20(32)27(22,26)34/h6,9-10,12,14,17-20,22,31-32,34H,1,7-8,11H2,2-5H3/t14-,17+,18-,19+,20-,22+,26?,27+/m1/s1. The number of rotatable bonds is 5. The second kappa shape index (κ2) is 7.97. The maximum Gasteiger partial charge on any atom is 0.222 e. The largest absolute Gasteiger partial charge is 0.466 e. The smallest absolute Gasteiger partial charge is 0.222 e. The number of nitrogens with zero attached hydrogens (tertiary/aromatic N) is 2. The SMILES string of the molecule is C=CCc1c(Cl)ncnc1O[C@H]1C(C)=CC23C(=O)[C@@H](C=C(CO)[C@@H](O)[C@]12O)[C@H]1[C@@H](C[C@H]3C)C1(C)C. The summed E-state index contributed by atoms with van der Waals surface area (Å²) >= 11 is 6.30. The monoisotopic (exact) mass is 500 g/mol. The molecular formula is C27H33ClN2O5. The van der Waals surface area contributed by atoms with E-state index in [1.807, 2.05) is 13.0 Å². The number of halogens is 1. The minimum Gasteiger partial charge on any atom is -0.466 e. The van der Waals surface area contributed by atoms with Gasteiger partial charge >= 0.3 is 0 Å². The summed E-state index contributed by atoms with van der Waals surface area (Å²) in [5.74, 6) is -0.306. The van der Waals surface area contributed by atoms with Crippen LogP contribution in [0.4, 0.5) is 0 Å². The molecule has 0 aliphatic heterocycles. The van der Waals surface area contributed by atoms with E-state index >= 15 is 0 Å². The van der Waals surface area contributed by atoms with Crippen molar-refractivity contribution >= 4 is 17.4 Å². The molecule has 2 saturated carbocycles. The summed E-state index contributed by atoms with van der Waals surface area (Å²) in [4.78, 5) is 22.7. The molecule has 5 rings (SSSR count). The fourth-order valence-electron chi connectivity index (χ4n) is 7.50. The molecule has 0 radical (unpaired) electrons. The fraction of sp³-hybridized carbons (Fsp3) is 0.593. The normalized spacial score (nSPS) is 41.1. The van der Waals surface area contributed by atoms with Gasteiger partial charge in [0.2, 0.25) is 5.88 Å². The Morgan fingerprint density at radius 2 is 2.06 bits per heavy atom. The summed E-state index contributed by atoms with van der Waals surface area (Å²) in [5.41, 5.74) is -2.07. The summed E-state index contributed by atoms with van der Waals surface area (Å²) in [6.07, 6.45) is 4.92. The van der Waals surface area contributed by atoms with Crippen LogP contribution in [0.5, 0.6) is 5.88 Å². The molecule has 35 heavy (non-hydrogen) atoms. The zero-order valence-corrected chi connectivity index (χ0v) is 21.3. The predicted molar refractivity (Wildman–Crippen MR) is 131 cm³/mol. The molecule has 1 spiro atoms. The molecule has 1 aromatic heterocycles. The number of aliphatic hydroxyl groups is 3. The molecule has 4 aliphatic rings. The predicted octanol–water partition coefficient (Wildman–Crippen LogP) is 3.07. The summed E-state index contributed by atoms with van der Waals surface area (Å²) in [7, 11) is 0. The number of carbonyl (C=O) groups excluding carboxylic acids is 1. The molecule has 3 N–H and O–H groups in total. The molecule has 0 aromatic carbocycles. The van der Waals surface area contributed by atoms with Crippen molar-refractivity contribution in [3.63, 3.8) is 0 Å². The Labute approximate surface area is 210 Å². The van der Waals surface area contributed by atoms with Gasteiger partial charge in [0, 0.05) is 5.92 Å². The molecule has 8 atom stereocenters. The average molecular weight is 501 g/mol. The lowest BCUT2D eigenvalue weighted by Gasteiger charge is -2.49. The second-order valence-corrected chi connectivity index (χ2v) is 11.7. The van der Waals surface area contributed by atoms with Crippen molar-refractivity contribution in [2.75, 3.05) is 6.61 Å². The Bertz CT molecular complexity index is 1160. The highest BCUT2D eigenvalue weighted by Crippen LogP contribution is 2.71. The molecule has 4 aliphatic carbocycles. The van der Waals surface area contributed by atoms with Gasteiger partial charge in [-0.05, 0) is 54.1 Å². The number of allylic oxidation sites excluding steroid dienone is 2. The van der Waals surface area contributed by atoms with Crippen LogP contribution in [-0.2, 0) is 11.2 Å². The maximum absolute atomic E-state index is 14.4. The first-order valence-electron chi connectivity index (χ1n) is 12.2. The number of ether oxygens (including phenoxy) is 1. The Balaban J connectivity index is 1.68. The van der Waals surface area contributed by atoms with E-state index in [2.05, 4.69) is 30.4 Å². The number of aliphatic hydroxyl groups excluding tert-OH is 2. The van der Waals surface area contributed by atoms with E-state index in [-0.39, 0.29) is 39.6 Å². The zero-order valence-electron chi connectivity index (χ0n) is 20.5. The van der Waals surface area contributed by atoms with Crippen molar-refractivity contribution < 1.29 is 24.9 Å². The molecule has 2 fully saturated rings.